The van der Waals surface area contributed by atoms with Crippen molar-refractivity contribution >= 4 is 58.0 Å². The van der Waals surface area contributed by atoms with Crippen molar-refractivity contribution in [2.45, 2.75) is 191 Å². The molecular weight excluding hydrogens is 889 g/mol. The van der Waals surface area contributed by atoms with Gasteiger partial charge in [-0.15, -0.1) is 0 Å². The average molecular weight is 963 g/mol. The molecule has 0 radical (unpaired) electrons. The van der Waals surface area contributed by atoms with Gasteiger partial charge in [0, 0.05) is 0 Å². The number of benzene rings is 4. The zero-order valence-electron chi connectivity index (χ0n) is 39.2. The van der Waals surface area contributed by atoms with E-state index in [1.165, 1.54) is 146 Å². The van der Waals surface area contributed by atoms with E-state index in [1.54, 1.807) is 48.5 Å². The second-order valence-electron chi connectivity index (χ2n) is 16.8. The molecule has 2 N–H and O–H groups in total. The summed E-state index contributed by atoms with van der Waals surface area (Å²) in [7, 11) is -9.17. The average Bonchev–Trinajstić information content (AvgIpc) is 3.26. The summed E-state index contributed by atoms with van der Waals surface area (Å²) < 4.78 is 80.0. The van der Waals surface area contributed by atoms with Crippen molar-refractivity contribution in [1.82, 2.24) is 0 Å². The molecule has 13 heteroatoms. The van der Waals surface area contributed by atoms with Crippen molar-refractivity contribution in [2.24, 2.45) is 0 Å². The fourth-order valence-corrected chi connectivity index (χ4v) is 9.06. The van der Waals surface area contributed by atoms with Crippen LogP contribution in [0.1, 0.15) is 179 Å². The third kappa shape index (κ3) is 23.6. The summed E-state index contributed by atoms with van der Waals surface area (Å²) in [6.07, 6.45) is 31.0. The van der Waals surface area contributed by atoms with Gasteiger partial charge in [0.15, 0.2) is 17.2 Å². The molecule has 0 bridgehead atoms. The maximum atomic E-state index is 12.0. The third-order valence-corrected chi connectivity index (χ3v) is 13.1. The van der Waals surface area contributed by atoms with Gasteiger partial charge in [-0.3, -0.25) is 4.55 Å². The number of phenolic OH excluding ortho intramolecular Hbond substituents is 1. The molecule has 10 nitrogen and oxygen atoms in total. The Morgan fingerprint density at radius 2 is 0.815 bits per heavy atom. The molecule has 0 atom stereocenters. The SMILES string of the molecule is CCCCCCCCCCCCCCc1cccc(S(=O)(=O)O)c1Oc1ccccc1O.CCCCCCCCCCCCCCc1cccc(S(=O)(=O)[O-])c1Oc1ccccc1[O-].[Ca+2]. The Balaban J connectivity index is 0.000000440. The van der Waals surface area contributed by atoms with Crippen LogP contribution in [0.3, 0.4) is 0 Å². The summed E-state index contributed by atoms with van der Waals surface area (Å²) in [5.74, 6) is -0.219. The summed E-state index contributed by atoms with van der Waals surface area (Å²) in [6, 6.07) is 21.7. The van der Waals surface area contributed by atoms with E-state index in [0.717, 1.165) is 38.5 Å². The predicted octanol–water partition coefficient (Wildman–Crippen LogP) is 14.0. The van der Waals surface area contributed by atoms with Crippen molar-refractivity contribution in [3.63, 3.8) is 0 Å². The van der Waals surface area contributed by atoms with Gasteiger partial charge in [0.05, 0.1) is 4.90 Å². The van der Waals surface area contributed by atoms with Crippen LogP contribution in [-0.4, -0.2) is 68.8 Å². The minimum absolute atomic E-state index is 0. The first-order valence-electron chi connectivity index (χ1n) is 23.9. The summed E-state index contributed by atoms with van der Waals surface area (Å²) in [4.78, 5) is -0.700. The van der Waals surface area contributed by atoms with Crippen LogP contribution in [0.5, 0.6) is 34.5 Å². The molecule has 0 aliphatic rings. The predicted molar refractivity (Wildman–Crippen MR) is 260 cm³/mol. The largest absolute Gasteiger partial charge is 2.00 e. The van der Waals surface area contributed by atoms with Crippen LogP contribution in [0.25, 0.3) is 0 Å². The van der Waals surface area contributed by atoms with Crippen LogP contribution in [0, 0.1) is 0 Å². The van der Waals surface area contributed by atoms with E-state index >= 15 is 0 Å². The van der Waals surface area contributed by atoms with E-state index in [-0.39, 0.29) is 77.1 Å². The molecule has 0 unspecified atom stereocenters. The Morgan fingerprint density at radius 1 is 0.462 bits per heavy atom. The third-order valence-electron chi connectivity index (χ3n) is 11.4. The molecule has 0 heterocycles. The molecule has 0 saturated carbocycles. The molecule has 4 rings (SSSR count). The van der Waals surface area contributed by atoms with Gasteiger partial charge >= 0.3 is 37.7 Å². The molecule has 0 spiro atoms. The van der Waals surface area contributed by atoms with Crippen LogP contribution >= 0.6 is 0 Å². The van der Waals surface area contributed by atoms with Crippen LogP contribution in [0.4, 0.5) is 0 Å². The first-order valence-corrected chi connectivity index (χ1v) is 26.8. The van der Waals surface area contributed by atoms with Crippen LogP contribution < -0.4 is 14.6 Å². The Morgan fingerprint density at radius 3 is 1.22 bits per heavy atom. The fraction of sp³-hybridized carbons (Fsp3) is 0.538. The molecule has 0 aliphatic carbocycles. The molecule has 4 aromatic carbocycles. The van der Waals surface area contributed by atoms with E-state index in [2.05, 4.69) is 13.8 Å². The summed E-state index contributed by atoms with van der Waals surface area (Å²) in [6.45, 7) is 4.48. The monoisotopic (exact) mass is 962 g/mol. The number of rotatable bonds is 32. The Bertz CT molecular complexity index is 1970. The van der Waals surface area contributed by atoms with Gasteiger partial charge in [-0.2, -0.15) is 8.42 Å². The first kappa shape index (κ1) is 58.3. The maximum Gasteiger partial charge on any atom is 2.00 e. The smallest absolute Gasteiger partial charge is 0.870 e. The van der Waals surface area contributed by atoms with Gasteiger partial charge in [-0.05, 0) is 67.1 Å². The number of aromatic hydroxyl groups is 1. The van der Waals surface area contributed by atoms with E-state index in [0.29, 0.717) is 24.0 Å². The van der Waals surface area contributed by atoms with Gasteiger partial charge < -0.3 is 24.2 Å². The van der Waals surface area contributed by atoms with Gasteiger partial charge in [0.1, 0.15) is 26.5 Å². The van der Waals surface area contributed by atoms with E-state index < -0.39 is 25.1 Å². The number of para-hydroxylation sites is 6. The van der Waals surface area contributed by atoms with Crippen molar-refractivity contribution in [3.05, 3.63) is 96.1 Å². The van der Waals surface area contributed by atoms with Crippen molar-refractivity contribution in [3.8, 4) is 34.5 Å². The van der Waals surface area contributed by atoms with Crippen LogP contribution in [0.15, 0.2) is 94.7 Å². The first-order chi connectivity index (χ1) is 30.9. The van der Waals surface area contributed by atoms with E-state index in [1.807, 2.05) is 6.07 Å². The van der Waals surface area contributed by atoms with Gasteiger partial charge in [0.25, 0.3) is 10.1 Å². The number of phenols is 1. The zero-order valence-corrected chi connectivity index (χ0v) is 43.0. The molecule has 0 fully saturated rings. The van der Waals surface area contributed by atoms with Gasteiger partial charge in [0.2, 0.25) is 0 Å². The second kappa shape index (κ2) is 33.6. The maximum absolute atomic E-state index is 12.0. The topological polar surface area (TPSA) is 173 Å². The summed E-state index contributed by atoms with van der Waals surface area (Å²) in [5, 5.41) is 22.0. The van der Waals surface area contributed by atoms with E-state index in [4.69, 9.17) is 9.47 Å². The molecule has 65 heavy (non-hydrogen) atoms. The zero-order chi connectivity index (χ0) is 46.5. The Labute approximate surface area is 421 Å². The second-order valence-corrected chi connectivity index (χ2v) is 19.6. The van der Waals surface area contributed by atoms with Crippen LogP contribution in [0.2, 0.25) is 0 Å². The number of aryl methyl sites for hydroxylation is 2. The number of hydrogen-bond acceptors (Lipinski definition) is 9. The minimum atomic E-state index is -4.72. The Hall–Kier alpha value is -2.84. The van der Waals surface area contributed by atoms with E-state index in [9.17, 15) is 36.2 Å². The van der Waals surface area contributed by atoms with Crippen molar-refractivity contribution in [1.29, 1.82) is 0 Å². The minimum Gasteiger partial charge on any atom is -0.870 e. The van der Waals surface area contributed by atoms with Crippen molar-refractivity contribution < 1.29 is 45.6 Å². The molecule has 0 aliphatic heterocycles. The molecule has 4 aromatic rings. The van der Waals surface area contributed by atoms with Crippen LogP contribution in [-0.2, 0) is 33.1 Å². The molecule has 0 amide bonds. The summed E-state index contributed by atoms with van der Waals surface area (Å²) >= 11 is 0. The van der Waals surface area contributed by atoms with Gasteiger partial charge in [-0.25, -0.2) is 8.42 Å². The molecule has 0 aromatic heterocycles. The van der Waals surface area contributed by atoms with Crippen molar-refractivity contribution in [2.75, 3.05) is 0 Å². The van der Waals surface area contributed by atoms with Gasteiger partial charge in [-0.1, -0.05) is 215 Å². The molecular formula is C52H74CaO10S2. The number of unbranched alkanes of at least 4 members (excludes halogenated alkanes) is 22. The normalized spacial score (nSPS) is 11.4. The number of ether oxygens (including phenoxy) is 2. The number of hydrogen-bond donors (Lipinski definition) is 2. The fourth-order valence-electron chi connectivity index (χ4n) is 7.76. The standard InChI is InChI=1S/2C26H38O5S.Ca/c2*1-2-3-4-5-6-7-8-9-10-11-12-13-17-22-18-16-21-25(32(28,29)30)26(22)31-24-20-15-14-19-23(24)27;/h2*14-16,18-21,27H,2-13,17H2,1H3,(H,28,29,30);/q;;+2/p-2. The quantitative estimate of drug-likeness (QED) is 0.0272. The Kier molecular flexibility index (Phi) is 30.1. The molecule has 356 valence electrons. The molecule has 0 saturated heterocycles. The summed E-state index contributed by atoms with van der Waals surface area (Å²) in [5.41, 5.74) is 1.34.